The predicted octanol–water partition coefficient (Wildman–Crippen LogP) is -0.547. The molecule has 5 heterocycles. The average molecular weight is 547 g/mol. The van der Waals surface area contributed by atoms with E-state index in [0.717, 1.165) is 6.42 Å². The van der Waals surface area contributed by atoms with Crippen molar-refractivity contribution in [3.05, 3.63) is 16.9 Å². The molecule has 4 aliphatic heterocycles. The fraction of sp³-hybridized carbons (Fsp3) is 0.708. The number of nitrogens with one attached hydrogen (secondary N) is 1. The highest BCUT2D eigenvalue weighted by molar-refractivity contribution is 8.03. The molecule has 0 spiro atoms. The van der Waals surface area contributed by atoms with Gasteiger partial charge in [0.05, 0.1) is 18.0 Å². The van der Waals surface area contributed by atoms with Crippen LogP contribution in [-0.2, 0) is 25.7 Å². The SMILES string of the molecule is C[C@@H]1C[C@H](N)CN1C(=O)[C@@H]1C[C@H](SC2=C(C(=O)O)N3C(=O)[C@H]([C@@H](C)CC(=O)Cn4cnnn4)[C@H]3[C@H]2C)CN1. The number of carbonyl (C=O) groups excluding carboxylic acids is 3. The van der Waals surface area contributed by atoms with E-state index in [1.165, 1.54) is 27.7 Å². The molecule has 4 N–H and O–H groups in total. The summed E-state index contributed by atoms with van der Waals surface area (Å²) < 4.78 is 1.34. The zero-order valence-electron chi connectivity index (χ0n) is 21.7. The molecule has 0 unspecified atom stereocenters. The number of Topliss-reactive ketones (excluding diaryl/α,β-unsaturated/α-hetero) is 1. The zero-order valence-corrected chi connectivity index (χ0v) is 22.5. The molecule has 0 radical (unpaired) electrons. The molecule has 206 valence electrons. The number of carboxylic acid groups (broad SMARTS) is 1. The van der Waals surface area contributed by atoms with Gasteiger partial charge in [-0.15, -0.1) is 16.9 Å². The average Bonchev–Trinajstić information content (AvgIpc) is 3.62. The second kappa shape index (κ2) is 10.4. The van der Waals surface area contributed by atoms with E-state index in [-0.39, 0.29) is 77.5 Å². The number of aliphatic carboxylic acids is 1. The highest BCUT2D eigenvalue weighted by Crippen LogP contribution is 2.53. The number of likely N-dealkylation sites (tertiary alicyclic amines) is 1. The second-order valence-electron chi connectivity index (χ2n) is 11.0. The molecule has 14 heteroatoms. The molecule has 38 heavy (non-hydrogen) atoms. The van der Waals surface area contributed by atoms with Gasteiger partial charge in [-0.3, -0.25) is 14.4 Å². The number of hydrogen-bond acceptors (Lipinski definition) is 10. The fourth-order valence-corrected chi connectivity index (χ4v) is 7.97. The Kier molecular flexibility index (Phi) is 7.31. The lowest BCUT2D eigenvalue weighted by molar-refractivity contribution is -0.160. The Morgan fingerprint density at radius 1 is 1.29 bits per heavy atom. The van der Waals surface area contributed by atoms with Crippen LogP contribution in [0.25, 0.3) is 0 Å². The van der Waals surface area contributed by atoms with Crippen LogP contribution < -0.4 is 11.1 Å². The molecule has 0 saturated carbocycles. The Bertz CT molecular complexity index is 1160. The van der Waals surface area contributed by atoms with Crippen LogP contribution in [0.3, 0.4) is 0 Å². The summed E-state index contributed by atoms with van der Waals surface area (Å²) >= 11 is 1.46. The van der Waals surface area contributed by atoms with Gasteiger partial charge in [-0.1, -0.05) is 13.8 Å². The van der Waals surface area contributed by atoms with Crippen LogP contribution in [0.5, 0.6) is 0 Å². The molecule has 0 aromatic carbocycles. The summed E-state index contributed by atoms with van der Waals surface area (Å²) in [7, 11) is 0. The Hall–Kier alpha value is -2.84. The van der Waals surface area contributed by atoms with Gasteiger partial charge in [0.15, 0.2) is 5.78 Å². The van der Waals surface area contributed by atoms with Gasteiger partial charge in [-0.25, -0.2) is 9.48 Å². The number of β-lactam (4-membered cyclic amide) rings is 1. The zero-order chi connectivity index (χ0) is 27.3. The Morgan fingerprint density at radius 3 is 2.68 bits per heavy atom. The van der Waals surface area contributed by atoms with Crippen LogP contribution in [0.2, 0.25) is 0 Å². The minimum atomic E-state index is -1.13. The van der Waals surface area contributed by atoms with Crippen LogP contribution in [0.4, 0.5) is 0 Å². The van der Waals surface area contributed by atoms with Crippen molar-refractivity contribution in [3.8, 4) is 0 Å². The van der Waals surface area contributed by atoms with Gasteiger partial charge in [-0.2, -0.15) is 0 Å². The number of aromatic nitrogens is 4. The number of rotatable bonds is 9. The summed E-state index contributed by atoms with van der Waals surface area (Å²) in [5, 5.41) is 24.1. The van der Waals surface area contributed by atoms with Crippen molar-refractivity contribution in [1.29, 1.82) is 0 Å². The summed E-state index contributed by atoms with van der Waals surface area (Å²) in [6.45, 7) is 6.97. The van der Waals surface area contributed by atoms with Crippen molar-refractivity contribution in [3.63, 3.8) is 0 Å². The van der Waals surface area contributed by atoms with Gasteiger partial charge in [0, 0.05) is 47.7 Å². The molecule has 0 aliphatic carbocycles. The number of nitrogens with two attached hydrogens (primary N) is 1. The number of carbonyl (C=O) groups is 4. The minimum Gasteiger partial charge on any atom is -0.477 e. The van der Waals surface area contributed by atoms with Crippen LogP contribution in [0.1, 0.15) is 40.0 Å². The van der Waals surface area contributed by atoms with Crippen LogP contribution in [0.15, 0.2) is 16.9 Å². The Balaban J connectivity index is 1.24. The maximum Gasteiger partial charge on any atom is 0.353 e. The third kappa shape index (κ3) is 4.73. The Morgan fingerprint density at radius 2 is 2.05 bits per heavy atom. The van der Waals surface area contributed by atoms with Crippen LogP contribution in [-0.4, -0.2) is 101 Å². The highest BCUT2D eigenvalue weighted by Gasteiger charge is 2.60. The van der Waals surface area contributed by atoms with Crippen molar-refractivity contribution in [2.24, 2.45) is 23.5 Å². The first-order chi connectivity index (χ1) is 18.1. The van der Waals surface area contributed by atoms with Crippen LogP contribution in [0, 0.1) is 17.8 Å². The number of thioether (sulfide) groups is 1. The van der Waals surface area contributed by atoms with E-state index in [2.05, 4.69) is 20.8 Å². The highest BCUT2D eigenvalue weighted by atomic mass is 32.2. The van der Waals surface area contributed by atoms with Gasteiger partial charge >= 0.3 is 5.97 Å². The maximum absolute atomic E-state index is 13.2. The van der Waals surface area contributed by atoms with E-state index in [1.807, 2.05) is 25.7 Å². The number of tetrazole rings is 1. The number of hydrogen-bond donors (Lipinski definition) is 3. The van der Waals surface area contributed by atoms with Crippen molar-refractivity contribution in [1.82, 2.24) is 35.3 Å². The summed E-state index contributed by atoms with van der Waals surface area (Å²) in [5.74, 6) is -2.31. The first-order valence-corrected chi connectivity index (χ1v) is 13.9. The minimum absolute atomic E-state index is 0.00425. The first-order valence-electron chi connectivity index (χ1n) is 13.1. The van der Waals surface area contributed by atoms with E-state index in [4.69, 9.17) is 5.73 Å². The molecular formula is C24H34N8O5S. The van der Waals surface area contributed by atoms with E-state index >= 15 is 0 Å². The molecule has 13 nitrogen and oxygen atoms in total. The largest absolute Gasteiger partial charge is 0.477 e. The number of carboxylic acids is 1. The molecule has 5 rings (SSSR count). The second-order valence-corrected chi connectivity index (χ2v) is 12.4. The lowest BCUT2D eigenvalue weighted by Gasteiger charge is -2.47. The van der Waals surface area contributed by atoms with Crippen LogP contribution >= 0.6 is 11.8 Å². The Labute approximate surface area is 224 Å². The van der Waals surface area contributed by atoms with Crippen molar-refractivity contribution >= 4 is 35.3 Å². The van der Waals surface area contributed by atoms with Gasteiger partial charge in [0.1, 0.15) is 18.6 Å². The molecule has 8 atom stereocenters. The molecule has 4 aliphatic rings. The lowest BCUT2D eigenvalue weighted by atomic mass is 9.73. The normalized spacial score (nSPS) is 33.5. The third-order valence-corrected chi connectivity index (χ3v) is 9.77. The number of nitrogens with zero attached hydrogens (tertiary/aromatic N) is 6. The molecule has 1 aromatic heterocycles. The molecule has 3 saturated heterocycles. The quantitative estimate of drug-likeness (QED) is 0.339. The van der Waals surface area contributed by atoms with E-state index < -0.39 is 11.9 Å². The molecule has 0 bridgehead atoms. The van der Waals surface area contributed by atoms with E-state index in [0.29, 0.717) is 24.4 Å². The molecule has 3 fully saturated rings. The smallest absolute Gasteiger partial charge is 0.353 e. The monoisotopic (exact) mass is 546 g/mol. The van der Waals surface area contributed by atoms with Crippen molar-refractivity contribution in [2.75, 3.05) is 13.1 Å². The first kappa shape index (κ1) is 26.8. The van der Waals surface area contributed by atoms with E-state index in [1.54, 1.807) is 0 Å². The van der Waals surface area contributed by atoms with Gasteiger partial charge in [0.2, 0.25) is 11.8 Å². The van der Waals surface area contributed by atoms with Gasteiger partial charge in [-0.05, 0) is 36.1 Å². The molecule has 1 aromatic rings. The van der Waals surface area contributed by atoms with Gasteiger partial charge < -0.3 is 26.0 Å². The topological polar surface area (TPSA) is 177 Å². The van der Waals surface area contributed by atoms with Crippen molar-refractivity contribution < 1.29 is 24.3 Å². The fourth-order valence-electron chi connectivity index (χ4n) is 6.49. The third-order valence-electron chi connectivity index (χ3n) is 8.26. The molecular weight excluding hydrogens is 512 g/mol. The standard InChI is InChI=1S/C24H34N8O5S/c1-11(4-15(33)9-30-10-27-28-29-30)18-19-13(3)21(20(24(36)37)32(19)23(18)35)38-16-6-17(26-7-16)22(34)31-8-14(25)5-12(31)2/h10-14,16-19,26H,4-9,25H2,1-3H3,(H,36,37)/t11-,12+,13+,14-,16-,17-,18+,19+/m0/s1. The van der Waals surface area contributed by atoms with E-state index in [9.17, 15) is 24.3 Å². The number of fused-ring (bicyclic) bond motifs is 1. The predicted molar refractivity (Wildman–Crippen MR) is 136 cm³/mol. The lowest BCUT2D eigenvalue weighted by Crippen LogP contribution is -2.62. The molecule has 2 amide bonds. The number of amides is 2. The summed E-state index contributed by atoms with van der Waals surface area (Å²) in [4.78, 5) is 55.0. The number of ketones is 1. The summed E-state index contributed by atoms with van der Waals surface area (Å²) in [6.07, 6.45) is 2.90. The van der Waals surface area contributed by atoms with Crippen molar-refractivity contribution in [2.45, 2.75) is 76.0 Å². The maximum atomic E-state index is 13.2. The van der Waals surface area contributed by atoms with Gasteiger partial charge in [0.25, 0.3) is 0 Å². The summed E-state index contributed by atoms with van der Waals surface area (Å²) in [5.41, 5.74) is 6.08. The summed E-state index contributed by atoms with van der Waals surface area (Å²) in [6, 6.07) is -0.528.